The average Bonchev–Trinajstić information content (AvgIpc) is 2.57. The molecule has 1 aliphatic heterocycles. The van der Waals surface area contributed by atoms with Gasteiger partial charge in [-0.3, -0.25) is 9.69 Å². The standard InChI is InChI=1S/C19H20BrFN2O/c1-14-12-22(13-15-5-3-2-4-6-15)9-10-23(14)19(24)17-11-16(20)7-8-18(17)21/h2-8,11,14H,9-10,12-13H2,1H3/t14-/m1/s1. The van der Waals surface area contributed by atoms with E-state index in [1.165, 1.54) is 11.6 Å². The Kier molecular flexibility index (Phi) is 5.31. The van der Waals surface area contributed by atoms with Crippen molar-refractivity contribution in [3.05, 3.63) is 69.9 Å². The van der Waals surface area contributed by atoms with Gasteiger partial charge in [0.15, 0.2) is 0 Å². The van der Waals surface area contributed by atoms with Gasteiger partial charge in [0.25, 0.3) is 5.91 Å². The van der Waals surface area contributed by atoms with Gasteiger partial charge in [0.1, 0.15) is 5.82 Å². The molecule has 0 aromatic heterocycles. The Hall–Kier alpha value is -1.72. The lowest BCUT2D eigenvalue weighted by molar-refractivity contribution is 0.0471. The van der Waals surface area contributed by atoms with Crippen molar-refractivity contribution < 1.29 is 9.18 Å². The number of nitrogens with zero attached hydrogens (tertiary/aromatic N) is 2. The Morgan fingerprint density at radius 1 is 1.21 bits per heavy atom. The van der Waals surface area contributed by atoms with Crippen LogP contribution in [-0.4, -0.2) is 41.4 Å². The second-order valence-electron chi connectivity index (χ2n) is 6.19. The third-order valence-corrected chi connectivity index (χ3v) is 4.87. The van der Waals surface area contributed by atoms with Crippen molar-refractivity contribution in [1.29, 1.82) is 0 Å². The lowest BCUT2D eigenvalue weighted by Crippen LogP contribution is -2.53. The molecule has 3 nitrogen and oxygen atoms in total. The van der Waals surface area contributed by atoms with E-state index in [1.807, 2.05) is 25.1 Å². The Morgan fingerprint density at radius 3 is 2.67 bits per heavy atom. The van der Waals surface area contributed by atoms with Gasteiger partial charge in [-0.2, -0.15) is 0 Å². The van der Waals surface area contributed by atoms with Crippen LogP contribution in [0.15, 0.2) is 53.0 Å². The highest BCUT2D eigenvalue weighted by atomic mass is 79.9. The number of amides is 1. The van der Waals surface area contributed by atoms with Gasteiger partial charge in [-0.05, 0) is 30.7 Å². The maximum Gasteiger partial charge on any atom is 0.257 e. The molecular weight excluding hydrogens is 371 g/mol. The average molecular weight is 391 g/mol. The summed E-state index contributed by atoms with van der Waals surface area (Å²) in [7, 11) is 0. The second-order valence-corrected chi connectivity index (χ2v) is 7.11. The van der Waals surface area contributed by atoms with Crippen LogP contribution in [0.25, 0.3) is 0 Å². The highest BCUT2D eigenvalue weighted by Gasteiger charge is 2.29. The Balaban J connectivity index is 1.67. The van der Waals surface area contributed by atoms with Gasteiger partial charge in [-0.25, -0.2) is 4.39 Å². The van der Waals surface area contributed by atoms with Gasteiger partial charge in [0, 0.05) is 36.7 Å². The number of rotatable bonds is 3. The summed E-state index contributed by atoms with van der Waals surface area (Å²) in [4.78, 5) is 16.8. The molecule has 0 radical (unpaired) electrons. The number of hydrogen-bond donors (Lipinski definition) is 0. The van der Waals surface area contributed by atoms with Gasteiger partial charge in [0.05, 0.1) is 5.56 Å². The summed E-state index contributed by atoms with van der Waals surface area (Å²) in [6, 6.07) is 14.8. The predicted octanol–water partition coefficient (Wildman–Crippen LogP) is 3.93. The monoisotopic (exact) mass is 390 g/mol. The minimum atomic E-state index is -0.470. The highest BCUT2D eigenvalue weighted by molar-refractivity contribution is 9.10. The van der Waals surface area contributed by atoms with E-state index >= 15 is 0 Å². The molecule has 5 heteroatoms. The molecule has 1 atom stereocenters. The van der Waals surface area contributed by atoms with Crippen molar-refractivity contribution in [1.82, 2.24) is 9.80 Å². The SMILES string of the molecule is C[C@@H]1CN(Cc2ccccc2)CCN1C(=O)c1cc(Br)ccc1F. The number of halogens is 2. The molecule has 126 valence electrons. The Morgan fingerprint density at radius 2 is 1.96 bits per heavy atom. The molecule has 2 aromatic carbocycles. The molecule has 24 heavy (non-hydrogen) atoms. The third-order valence-electron chi connectivity index (χ3n) is 4.38. The maximum absolute atomic E-state index is 14.0. The molecule has 1 fully saturated rings. The van der Waals surface area contributed by atoms with Gasteiger partial charge in [-0.1, -0.05) is 46.3 Å². The number of hydrogen-bond acceptors (Lipinski definition) is 2. The van der Waals surface area contributed by atoms with Crippen molar-refractivity contribution in [3.63, 3.8) is 0 Å². The first-order valence-electron chi connectivity index (χ1n) is 8.07. The molecule has 3 rings (SSSR count). The predicted molar refractivity (Wildman–Crippen MR) is 96.3 cm³/mol. The fraction of sp³-hybridized carbons (Fsp3) is 0.316. The summed E-state index contributed by atoms with van der Waals surface area (Å²) in [5, 5.41) is 0. The van der Waals surface area contributed by atoms with Crippen LogP contribution >= 0.6 is 15.9 Å². The number of benzene rings is 2. The molecule has 1 saturated heterocycles. The number of piperazine rings is 1. The second kappa shape index (κ2) is 7.45. The lowest BCUT2D eigenvalue weighted by Gasteiger charge is -2.40. The normalized spacial score (nSPS) is 18.6. The molecule has 0 spiro atoms. The van der Waals surface area contributed by atoms with Crippen LogP contribution < -0.4 is 0 Å². The smallest absolute Gasteiger partial charge is 0.257 e. The van der Waals surface area contributed by atoms with Crippen LogP contribution in [-0.2, 0) is 6.54 Å². The van der Waals surface area contributed by atoms with E-state index in [0.717, 1.165) is 19.6 Å². The van der Waals surface area contributed by atoms with Crippen molar-refractivity contribution in [2.75, 3.05) is 19.6 Å². The number of carbonyl (C=O) groups is 1. The van der Waals surface area contributed by atoms with Crippen molar-refractivity contribution in [2.45, 2.75) is 19.5 Å². The summed E-state index contributed by atoms with van der Waals surface area (Å²) >= 11 is 3.30. The zero-order valence-electron chi connectivity index (χ0n) is 13.6. The zero-order chi connectivity index (χ0) is 17.1. The Bertz CT molecular complexity index is 723. The van der Waals surface area contributed by atoms with Gasteiger partial charge >= 0.3 is 0 Å². The summed E-state index contributed by atoms with van der Waals surface area (Å²) in [5.41, 5.74) is 1.40. The van der Waals surface area contributed by atoms with Crippen LogP contribution in [0.2, 0.25) is 0 Å². The highest BCUT2D eigenvalue weighted by Crippen LogP contribution is 2.20. The first-order chi connectivity index (χ1) is 11.5. The van der Waals surface area contributed by atoms with Crippen molar-refractivity contribution in [2.24, 2.45) is 0 Å². The lowest BCUT2D eigenvalue weighted by atomic mass is 10.1. The fourth-order valence-corrected chi connectivity index (χ4v) is 3.50. The third kappa shape index (κ3) is 3.84. The van der Waals surface area contributed by atoms with E-state index in [0.29, 0.717) is 11.0 Å². The van der Waals surface area contributed by atoms with E-state index in [4.69, 9.17) is 0 Å². The summed E-state index contributed by atoms with van der Waals surface area (Å²) in [6.07, 6.45) is 0. The largest absolute Gasteiger partial charge is 0.333 e. The minimum Gasteiger partial charge on any atom is -0.333 e. The van der Waals surface area contributed by atoms with Crippen LogP contribution in [0.5, 0.6) is 0 Å². The molecular formula is C19H20BrFN2O. The van der Waals surface area contributed by atoms with Crippen LogP contribution in [0.3, 0.4) is 0 Å². The topological polar surface area (TPSA) is 23.6 Å². The molecule has 1 aliphatic rings. The van der Waals surface area contributed by atoms with Crippen LogP contribution in [0, 0.1) is 5.82 Å². The fourth-order valence-electron chi connectivity index (χ4n) is 3.14. The molecule has 0 bridgehead atoms. The van der Waals surface area contributed by atoms with Crippen molar-refractivity contribution >= 4 is 21.8 Å². The number of carbonyl (C=O) groups excluding carboxylic acids is 1. The zero-order valence-corrected chi connectivity index (χ0v) is 15.2. The van der Waals surface area contributed by atoms with E-state index in [-0.39, 0.29) is 17.5 Å². The van der Waals surface area contributed by atoms with Gasteiger partial charge in [0.2, 0.25) is 0 Å². The van der Waals surface area contributed by atoms with E-state index in [2.05, 4.69) is 33.0 Å². The first kappa shape index (κ1) is 17.1. The molecule has 1 heterocycles. The van der Waals surface area contributed by atoms with Gasteiger partial charge < -0.3 is 4.90 Å². The summed E-state index contributed by atoms with van der Waals surface area (Å²) < 4.78 is 14.7. The molecule has 1 amide bonds. The Labute approximate surface area is 150 Å². The molecule has 0 aliphatic carbocycles. The molecule has 0 saturated carbocycles. The first-order valence-corrected chi connectivity index (χ1v) is 8.86. The van der Waals surface area contributed by atoms with Crippen LogP contribution in [0.1, 0.15) is 22.8 Å². The molecule has 0 N–H and O–H groups in total. The van der Waals surface area contributed by atoms with E-state index in [1.54, 1.807) is 17.0 Å². The molecule has 0 unspecified atom stereocenters. The van der Waals surface area contributed by atoms with Gasteiger partial charge in [-0.15, -0.1) is 0 Å². The summed E-state index contributed by atoms with van der Waals surface area (Å²) in [6.45, 7) is 5.08. The quantitative estimate of drug-likeness (QED) is 0.792. The van der Waals surface area contributed by atoms with Crippen LogP contribution in [0.4, 0.5) is 4.39 Å². The maximum atomic E-state index is 14.0. The van der Waals surface area contributed by atoms with E-state index in [9.17, 15) is 9.18 Å². The minimum absolute atomic E-state index is 0.0494. The molecule has 2 aromatic rings. The van der Waals surface area contributed by atoms with Crippen molar-refractivity contribution in [3.8, 4) is 0 Å². The van der Waals surface area contributed by atoms with E-state index < -0.39 is 5.82 Å². The summed E-state index contributed by atoms with van der Waals surface area (Å²) in [5.74, 6) is -0.706.